The highest BCUT2D eigenvalue weighted by molar-refractivity contribution is 5.00. The Morgan fingerprint density at radius 3 is 2.26 bits per heavy atom. The summed E-state index contributed by atoms with van der Waals surface area (Å²) in [4.78, 5) is 5.26. The predicted octanol–water partition coefficient (Wildman–Crippen LogP) is 0.922. The fraction of sp³-hybridized carbons (Fsp3) is 1.00. The van der Waals surface area contributed by atoms with Gasteiger partial charge in [-0.2, -0.15) is 0 Å². The molecule has 0 aromatic carbocycles. The zero-order valence-electron chi connectivity index (χ0n) is 12.9. The van der Waals surface area contributed by atoms with Gasteiger partial charge in [-0.25, -0.2) is 0 Å². The van der Waals surface area contributed by atoms with E-state index >= 15 is 0 Å². The number of piperazine rings is 3. The lowest BCUT2D eigenvalue weighted by Crippen LogP contribution is -2.64. The minimum atomic E-state index is -0.0488. The van der Waals surface area contributed by atoms with Crippen LogP contribution in [0, 0.1) is 0 Å². The zero-order valence-corrected chi connectivity index (χ0v) is 12.9. The van der Waals surface area contributed by atoms with Gasteiger partial charge < -0.3 is 10.1 Å². The summed E-state index contributed by atoms with van der Waals surface area (Å²) in [5, 5.41) is 3.79. The van der Waals surface area contributed by atoms with Gasteiger partial charge in [-0.1, -0.05) is 0 Å². The minimum absolute atomic E-state index is 0.0104. The molecular weight excluding hydrogens is 238 g/mol. The van der Waals surface area contributed by atoms with Crippen molar-refractivity contribution in [1.29, 1.82) is 0 Å². The lowest BCUT2D eigenvalue weighted by atomic mass is 9.94. The van der Waals surface area contributed by atoms with Crippen LogP contribution in [0.25, 0.3) is 0 Å². The van der Waals surface area contributed by atoms with Crippen molar-refractivity contribution < 1.29 is 4.74 Å². The number of hydrogen-bond acceptors (Lipinski definition) is 4. The van der Waals surface area contributed by atoms with E-state index in [9.17, 15) is 0 Å². The Morgan fingerprint density at radius 2 is 1.79 bits per heavy atom. The maximum Gasteiger partial charge on any atom is 0.0787 e. The Hall–Kier alpha value is -0.160. The second kappa shape index (κ2) is 4.69. The van der Waals surface area contributed by atoms with Crippen LogP contribution in [0.2, 0.25) is 0 Å². The topological polar surface area (TPSA) is 27.7 Å². The number of rotatable bonds is 3. The van der Waals surface area contributed by atoms with Crippen LogP contribution in [0.3, 0.4) is 0 Å². The Kier molecular flexibility index (Phi) is 3.41. The van der Waals surface area contributed by atoms with E-state index in [2.05, 4.69) is 42.8 Å². The Bertz CT molecular complexity index is 334. The van der Waals surface area contributed by atoms with Gasteiger partial charge in [-0.15, -0.1) is 0 Å². The van der Waals surface area contributed by atoms with Crippen LogP contribution < -0.4 is 5.32 Å². The van der Waals surface area contributed by atoms with Gasteiger partial charge in [0.1, 0.15) is 0 Å². The van der Waals surface area contributed by atoms with Crippen molar-refractivity contribution in [2.45, 2.75) is 57.4 Å². The third-order valence-electron chi connectivity index (χ3n) is 5.07. The summed E-state index contributed by atoms with van der Waals surface area (Å²) in [7, 11) is 0. The Morgan fingerprint density at radius 1 is 1.11 bits per heavy atom. The maximum absolute atomic E-state index is 6.16. The molecule has 0 unspecified atom stereocenters. The first-order valence-corrected chi connectivity index (χ1v) is 7.76. The van der Waals surface area contributed by atoms with Crippen LogP contribution in [0.5, 0.6) is 0 Å². The molecule has 4 aliphatic rings. The van der Waals surface area contributed by atoms with E-state index in [1.807, 2.05) is 0 Å². The molecule has 0 saturated carbocycles. The molecule has 0 spiro atoms. The molecule has 2 atom stereocenters. The van der Waals surface area contributed by atoms with Gasteiger partial charge in [-0.3, -0.25) is 9.80 Å². The highest BCUT2D eigenvalue weighted by Gasteiger charge is 2.46. The van der Waals surface area contributed by atoms with Crippen molar-refractivity contribution in [2.75, 3.05) is 39.3 Å². The third kappa shape index (κ3) is 2.82. The molecule has 4 heteroatoms. The molecule has 4 rings (SSSR count). The van der Waals surface area contributed by atoms with Crippen molar-refractivity contribution >= 4 is 0 Å². The second-order valence-corrected chi connectivity index (χ2v) is 7.62. The number of fused-ring (bicyclic) bond motifs is 3. The van der Waals surface area contributed by atoms with Crippen molar-refractivity contribution in [3.63, 3.8) is 0 Å². The Balaban J connectivity index is 1.55. The van der Waals surface area contributed by atoms with E-state index in [4.69, 9.17) is 4.74 Å². The smallest absolute Gasteiger partial charge is 0.0787 e. The molecule has 4 saturated heterocycles. The van der Waals surface area contributed by atoms with Crippen molar-refractivity contribution in [3.8, 4) is 0 Å². The number of nitrogens with one attached hydrogen (secondary N) is 1. The van der Waals surface area contributed by atoms with Gasteiger partial charge in [0.25, 0.3) is 0 Å². The summed E-state index contributed by atoms with van der Waals surface area (Å²) in [5.74, 6) is 0. The first-order valence-electron chi connectivity index (χ1n) is 7.76. The van der Waals surface area contributed by atoms with E-state index in [-0.39, 0.29) is 11.2 Å². The third-order valence-corrected chi connectivity index (χ3v) is 5.07. The molecule has 4 heterocycles. The van der Waals surface area contributed by atoms with E-state index < -0.39 is 0 Å². The molecule has 0 radical (unpaired) electrons. The molecular formula is C15H29N3O. The standard InChI is InChI=1S/C15H29N3O/c1-14(2)9-13(15(3,4)19-14)16-10-12-11-17-5-7-18(12)8-6-17/h12-13,16H,5-11H2,1-4H3/t12-,13+/m0/s1. The van der Waals surface area contributed by atoms with Crippen LogP contribution >= 0.6 is 0 Å². The van der Waals surface area contributed by atoms with Crippen molar-refractivity contribution in [1.82, 2.24) is 15.1 Å². The number of hydrogen-bond donors (Lipinski definition) is 1. The van der Waals surface area contributed by atoms with Gasteiger partial charge in [0.15, 0.2) is 0 Å². The molecule has 1 N–H and O–H groups in total. The maximum atomic E-state index is 6.16. The molecule has 0 aromatic rings. The normalized spacial score (nSPS) is 43.6. The minimum Gasteiger partial charge on any atom is -0.368 e. The molecule has 19 heavy (non-hydrogen) atoms. The van der Waals surface area contributed by atoms with E-state index in [1.54, 1.807) is 0 Å². The molecule has 0 aromatic heterocycles. The molecule has 2 bridgehead atoms. The van der Waals surface area contributed by atoms with Crippen molar-refractivity contribution in [3.05, 3.63) is 0 Å². The SMILES string of the molecule is CC1(C)C[C@@H](NC[C@H]2CN3CCN2CC3)C(C)(C)O1. The Labute approximate surface area is 117 Å². The first-order chi connectivity index (χ1) is 8.86. The molecule has 0 aliphatic carbocycles. The average Bonchev–Trinajstić information content (AvgIpc) is 2.56. The summed E-state index contributed by atoms with van der Waals surface area (Å²) >= 11 is 0. The quantitative estimate of drug-likeness (QED) is 0.823. The second-order valence-electron chi connectivity index (χ2n) is 7.62. The number of nitrogens with zero attached hydrogens (tertiary/aromatic N) is 2. The van der Waals surface area contributed by atoms with Gasteiger partial charge in [0.2, 0.25) is 0 Å². The zero-order chi connectivity index (χ0) is 13.7. The van der Waals surface area contributed by atoms with Crippen LogP contribution in [0.4, 0.5) is 0 Å². The fourth-order valence-corrected chi connectivity index (χ4v) is 4.08. The first kappa shape index (κ1) is 13.8. The average molecular weight is 267 g/mol. The van der Waals surface area contributed by atoms with E-state index in [0.717, 1.165) is 13.0 Å². The van der Waals surface area contributed by atoms with Crippen LogP contribution in [0.15, 0.2) is 0 Å². The van der Waals surface area contributed by atoms with Crippen LogP contribution in [-0.2, 0) is 4.74 Å². The van der Waals surface area contributed by atoms with Gasteiger partial charge in [0.05, 0.1) is 11.2 Å². The predicted molar refractivity (Wildman–Crippen MR) is 77.5 cm³/mol. The highest BCUT2D eigenvalue weighted by Crippen LogP contribution is 2.37. The van der Waals surface area contributed by atoms with Gasteiger partial charge in [0, 0.05) is 51.4 Å². The van der Waals surface area contributed by atoms with E-state index in [1.165, 1.54) is 32.7 Å². The molecule has 4 nitrogen and oxygen atoms in total. The monoisotopic (exact) mass is 267 g/mol. The molecule has 4 fully saturated rings. The lowest BCUT2D eigenvalue weighted by molar-refractivity contribution is -0.0706. The summed E-state index contributed by atoms with van der Waals surface area (Å²) in [5.41, 5.74) is -0.0384. The largest absolute Gasteiger partial charge is 0.368 e. The van der Waals surface area contributed by atoms with Crippen molar-refractivity contribution in [2.24, 2.45) is 0 Å². The lowest BCUT2D eigenvalue weighted by Gasteiger charge is -2.48. The molecule has 0 amide bonds. The van der Waals surface area contributed by atoms with E-state index in [0.29, 0.717) is 12.1 Å². The molecule has 110 valence electrons. The van der Waals surface area contributed by atoms with Gasteiger partial charge >= 0.3 is 0 Å². The summed E-state index contributed by atoms with van der Waals surface area (Å²) in [6.45, 7) is 16.2. The highest BCUT2D eigenvalue weighted by atomic mass is 16.5. The van der Waals surface area contributed by atoms with Crippen LogP contribution in [0.1, 0.15) is 34.1 Å². The fourth-order valence-electron chi connectivity index (χ4n) is 4.08. The van der Waals surface area contributed by atoms with Gasteiger partial charge in [-0.05, 0) is 34.1 Å². The van der Waals surface area contributed by atoms with Crippen LogP contribution in [-0.4, -0.2) is 72.4 Å². The molecule has 4 aliphatic heterocycles. The summed E-state index contributed by atoms with van der Waals surface area (Å²) < 4.78 is 6.16. The summed E-state index contributed by atoms with van der Waals surface area (Å²) in [6.07, 6.45) is 1.11. The number of ether oxygens (including phenoxy) is 1. The summed E-state index contributed by atoms with van der Waals surface area (Å²) in [6, 6.07) is 1.17.